The summed E-state index contributed by atoms with van der Waals surface area (Å²) in [6, 6.07) is -0.820. The predicted octanol–water partition coefficient (Wildman–Crippen LogP) is -0.877. The third kappa shape index (κ3) is 4.65. The maximum atomic E-state index is 9.83. The van der Waals surface area contributed by atoms with Crippen LogP contribution in [0.1, 0.15) is 45.4 Å². The van der Waals surface area contributed by atoms with Crippen molar-refractivity contribution in [1.82, 2.24) is 5.32 Å². The quantitative estimate of drug-likeness (QED) is 0.324. The van der Waals surface area contributed by atoms with Gasteiger partial charge in [-0.25, -0.2) is 0 Å². The van der Waals surface area contributed by atoms with Gasteiger partial charge in [0.2, 0.25) is 0 Å². The van der Waals surface area contributed by atoms with Gasteiger partial charge in [-0.15, -0.1) is 0 Å². The average molecular weight is 291 g/mol. The highest BCUT2D eigenvalue weighted by molar-refractivity contribution is 5.01. The van der Waals surface area contributed by atoms with E-state index in [2.05, 4.69) is 12.2 Å². The van der Waals surface area contributed by atoms with Gasteiger partial charge in [-0.1, -0.05) is 39.0 Å². The van der Waals surface area contributed by atoms with Crippen LogP contribution in [0, 0.1) is 0 Å². The van der Waals surface area contributed by atoms with Crippen LogP contribution in [-0.4, -0.2) is 68.6 Å². The molecule has 120 valence electrons. The second-order valence-corrected chi connectivity index (χ2v) is 5.70. The van der Waals surface area contributed by atoms with Crippen LogP contribution in [0.4, 0.5) is 0 Å². The van der Waals surface area contributed by atoms with Gasteiger partial charge in [0.05, 0.1) is 6.04 Å². The first-order chi connectivity index (χ1) is 9.50. The van der Waals surface area contributed by atoms with Gasteiger partial charge in [-0.05, 0) is 13.0 Å². The fraction of sp³-hybridized carbons (Fsp3) is 1.00. The number of rotatable bonds is 8. The number of unbranched alkanes of at least 4 members (excludes halogenated alkanes) is 5. The van der Waals surface area contributed by atoms with Gasteiger partial charge in [0.1, 0.15) is 30.5 Å². The molecular weight excluding hydrogens is 262 g/mol. The van der Waals surface area contributed by atoms with Crippen molar-refractivity contribution < 1.29 is 25.5 Å². The summed E-state index contributed by atoms with van der Waals surface area (Å²) in [5.41, 5.74) is 0. The van der Waals surface area contributed by atoms with Crippen molar-refractivity contribution in [3.63, 3.8) is 0 Å². The molecule has 0 heterocycles. The lowest BCUT2D eigenvalue weighted by atomic mass is 9.83. The minimum atomic E-state index is -1.52. The molecule has 0 aromatic rings. The molecule has 0 saturated heterocycles. The molecule has 0 aromatic carbocycles. The Bertz CT molecular complexity index is 250. The molecule has 6 N–H and O–H groups in total. The predicted molar refractivity (Wildman–Crippen MR) is 75.2 cm³/mol. The molecule has 1 rings (SSSR count). The lowest BCUT2D eigenvalue weighted by Crippen LogP contribution is -2.67. The first-order valence-corrected chi connectivity index (χ1v) is 7.64. The molecule has 0 radical (unpaired) electrons. The van der Waals surface area contributed by atoms with Gasteiger partial charge >= 0.3 is 0 Å². The van der Waals surface area contributed by atoms with Crippen molar-refractivity contribution in [2.75, 3.05) is 6.54 Å². The number of hydrogen-bond donors (Lipinski definition) is 6. The lowest BCUT2D eigenvalue weighted by Gasteiger charge is -2.42. The van der Waals surface area contributed by atoms with Crippen LogP contribution in [0.15, 0.2) is 0 Å². The molecule has 0 aliphatic heterocycles. The zero-order valence-electron chi connectivity index (χ0n) is 12.1. The van der Waals surface area contributed by atoms with Gasteiger partial charge < -0.3 is 30.8 Å². The largest absolute Gasteiger partial charge is 0.389 e. The maximum Gasteiger partial charge on any atom is 0.111 e. The monoisotopic (exact) mass is 291 g/mol. The summed E-state index contributed by atoms with van der Waals surface area (Å²) in [7, 11) is 0. The molecule has 0 amide bonds. The Balaban J connectivity index is 2.27. The van der Waals surface area contributed by atoms with E-state index in [9.17, 15) is 25.5 Å². The van der Waals surface area contributed by atoms with Gasteiger partial charge in [0, 0.05) is 0 Å². The SMILES string of the molecule is CCCCCCCCNC1[C@H](O)[C@H](O)C(O)[C@H](O)[C@H]1O. The highest BCUT2D eigenvalue weighted by atomic mass is 16.4. The van der Waals surface area contributed by atoms with E-state index in [1.54, 1.807) is 0 Å². The molecule has 1 saturated carbocycles. The van der Waals surface area contributed by atoms with Crippen LogP contribution in [0.3, 0.4) is 0 Å². The summed E-state index contributed by atoms with van der Waals surface area (Å²) >= 11 is 0. The van der Waals surface area contributed by atoms with Crippen LogP contribution in [0.5, 0.6) is 0 Å². The summed E-state index contributed by atoms with van der Waals surface area (Å²) in [6.45, 7) is 2.76. The standard InChI is InChI=1S/C14H29NO5/c1-2-3-4-5-6-7-8-15-9-10(16)12(18)14(20)13(19)11(9)17/h9-20H,2-8H2,1H3/t9?,10-,11-,12-,13+,14?/m0/s1. The molecule has 0 spiro atoms. The van der Waals surface area contributed by atoms with Gasteiger partial charge in [-0.3, -0.25) is 0 Å². The van der Waals surface area contributed by atoms with E-state index < -0.39 is 36.6 Å². The number of hydrogen-bond acceptors (Lipinski definition) is 6. The number of nitrogens with one attached hydrogen (secondary N) is 1. The number of aliphatic hydroxyl groups excluding tert-OH is 5. The Morgan fingerprint density at radius 2 is 1.10 bits per heavy atom. The van der Waals surface area contributed by atoms with E-state index in [1.807, 2.05) is 0 Å². The molecule has 1 fully saturated rings. The summed E-state index contributed by atoms with van der Waals surface area (Å²) in [4.78, 5) is 0. The second kappa shape index (κ2) is 8.92. The minimum Gasteiger partial charge on any atom is -0.389 e. The lowest BCUT2D eigenvalue weighted by molar-refractivity contribution is -0.190. The first kappa shape index (κ1) is 17.8. The van der Waals surface area contributed by atoms with Crippen molar-refractivity contribution in [3.8, 4) is 0 Å². The molecule has 6 heteroatoms. The zero-order chi connectivity index (χ0) is 15.1. The average Bonchev–Trinajstić information content (AvgIpc) is 2.45. The Morgan fingerprint density at radius 3 is 1.65 bits per heavy atom. The molecule has 6 nitrogen and oxygen atoms in total. The molecule has 1 aliphatic carbocycles. The fourth-order valence-corrected chi connectivity index (χ4v) is 2.65. The Hall–Kier alpha value is -0.240. The van der Waals surface area contributed by atoms with Crippen LogP contribution in [0.2, 0.25) is 0 Å². The topological polar surface area (TPSA) is 113 Å². The number of aliphatic hydroxyl groups is 5. The summed E-state index contributed by atoms with van der Waals surface area (Å²) in [6.07, 6.45) is -0.191. The molecule has 2 unspecified atom stereocenters. The molecular formula is C14H29NO5. The summed E-state index contributed by atoms with van der Waals surface area (Å²) < 4.78 is 0. The van der Waals surface area contributed by atoms with Crippen LogP contribution in [0.25, 0.3) is 0 Å². The van der Waals surface area contributed by atoms with Crippen molar-refractivity contribution >= 4 is 0 Å². The Kier molecular flexibility index (Phi) is 7.94. The van der Waals surface area contributed by atoms with Crippen molar-refractivity contribution in [2.24, 2.45) is 0 Å². The maximum absolute atomic E-state index is 9.83. The highest BCUT2D eigenvalue weighted by Gasteiger charge is 2.47. The van der Waals surface area contributed by atoms with E-state index in [-0.39, 0.29) is 0 Å². The fourth-order valence-electron chi connectivity index (χ4n) is 2.65. The van der Waals surface area contributed by atoms with Crippen LogP contribution in [-0.2, 0) is 0 Å². The van der Waals surface area contributed by atoms with Crippen molar-refractivity contribution in [2.45, 2.75) is 82.0 Å². The van der Waals surface area contributed by atoms with Crippen molar-refractivity contribution in [1.29, 1.82) is 0 Å². The molecule has 0 bridgehead atoms. The zero-order valence-corrected chi connectivity index (χ0v) is 12.1. The van der Waals surface area contributed by atoms with E-state index in [1.165, 1.54) is 19.3 Å². The molecule has 0 aromatic heterocycles. The van der Waals surface area contributed by atoms with Crippen LogP contribution >= 0.6 is 0 Å². The van der Waals surface area contributed by atoms with Gasteiger partial charge in [0.25, 0.3) is 0 Å². The van der Waals surface area contributed by atoms with E-state index >= 15 is 0 Å². The third-order valence-corrected chi connectivity index (χ3v) is 4.05. The Morgan fingerprint density at radius 1 is 0.650 bits per heavy atom. The van der Waals surface area contributed by atoms with E-state index in [0.29, 0.717) is 6.54 Å². The van der Waals surface area contributed by atoms with Crippen LogP contribution < -0.4 is 5.32 Å². The summed E-state index contributed by atoms with van der Waals surface area (Å²) in [5, 5.41) is 51.2. The first-order valence-electron chi connectivity index (χ1n) is 7.64. The summed E-state index contributed by atoms with van der Waals surface area (Å²) in [5.74, 6) is 0. The minimum absolute atomic E-state index is 0.598. The van der Waals surface area contributed by atoms with Gasteiger partial charge in [0.15, 0.2) is 0 Å². The van der Waals surface area contributed by atoms with Crippen molar-refractivity contribution in [3.05, 3.63) is 0 Å². The van der Waals surface area contributed by atoms with E-state index in [4.69, 9.17) is 0 Å². The van der Waals surface area contributed by atoms with Gasteiger partial charge in [-0.2, -0.15) is 0 Å². The van der Waals surface area contributed by atoms with E-state index in [0.717, 1.165) is 19.3 Å². The molecule has 6 atom stereocenters. The smallest absolute Gasteiger partial charge is 0.111 e. The second-order valence-electron chi connectivity index (χ2n) is 5.70. The molecule has 1 aliphatic rings. The molecule has 20 heavy (non-hydrogen) atoms. The normalized spacial score (nSPS) is 38.1. The highest BCUT2D eigenvalue weighted by Crippen LogP contribution is 2.21. The Labute approximate surface area is 120 Å². The third-order valence-electron chi connectivity index (χ3n) is 4.05.